The molecule has 0 radical (unpaired) electrons. The second-order valence-electron chi connectivity index (χ2n) is 5.20. The zero-order valence-electron chi connectivity index (χ0n) is 13.6. The first-order valence-electron chi connectivity index (χ1n) is 7.89. The lowest BCUT2D eigenvalue weighted by Crippen LogP contribution is -2.25. The smallest absolute Gasteiger partial charge is 0.230 e. The molecule has 1 amide bonds. The van der Waals surface area contributed by atoms with Crippen LogP contribution in [0.4, 0.5) is 0 Å². The molecule has 2 aromatic heterocycles. The van der Waals surface area contributed by atoms with E-state index in [-0.39, 0.29) is 11.7 Å². The van der Waals surface area contributed by atoms with Crippen molar-refractivity contribution in [2.75, 3.05) is 18.9 Å². The minimum Gasteiger partial charge on any atom is -0.494 e. The molecule has 8 heteroatoms. The second-order valence-corrected chi connectivity index (χ2v) is 6.14. The van der Waals surface area contributed by atoms with E-state index in [4.69, 9.17) is 4.74 Å². The lowest BCUT2D eigenvalue weighted by molar-refractivity contribution is -0.118. The molecule has 3 aromatic rings. The number of rotatable bonds is 7. The molecule has 0 atom stereocenters. The number of hydrogen-bond donors (Lipinski definition) is 2. The molecule has 0 spiro atoms. The van der Waals surface area contributed by atoms with Crippen LogP contribution in [0.2, 0.25) is 0 Å². The van der Waals surface area contributed by atoms with Crippen LogP contribution in [-0.4, -0.2) is 45.0 Å². The Bertz CT molecular complexity index is 864. The Morgan fingerprint density at radius 3 is 3.00 bits per heavy atom. The highest BCUT2D eigenvalue weighted by Crippen LogP contribution is 2.27. The number of carbonyl (C=O) groups excluding carboxylic acids is 1. The first-order chi connectivity index (χ1) is 11.7. The molecular weight excluding hydrogens is 326 g/mol. The van der Waals surface area contributed by atoms with Crippen LogP contribution in [0, 0.1) is 0 Å². The average Bonchev–Trinajstić information content (AvgIpc) is 2.95. The van der Waals surface area contributed by atoms with Gasteiger partial charge in [0.1, 0.15) is 11.3 Å². The number of aromatic nitrogens is 4. The molecule has 126 valence electrons. The third kappa shape index (κ3) is 3.59. The minimum atomic E-state index is -0.0245. The number of H-pyrrole nitrogens is 1. The summed E-state index contributed by atoms with van der Waals surface area (Å²) < 4.78 is 5.52. The van der Waals surface area contributed by atoms with E-state index in [1.807, 2.05) is 32.0 Å². The molecule has 0 aliphatic carbocycles. The van der Waals surface area contributed by atoms with Crippen LogP contribution >= 0.6 is 11.8 Å². The number of carbonyl (C=O) groups is 1. The summed E-state index contributed by atoms with van der Waals surface area (Å²) in [6.07, 6.45) is 0.916. The van der Waals surface area contributed by atoms with Crippen molar-refractivity contribution in [3.8, 4) is 5.75 Å². The number of fused-ring (bicyclic) bond motifs is 3. The summed E-state index contributed by atoms with van der Waals surface area (Å²) in [5.74, 6) is 1.05. The van der Waals surface area contributed by atoms with E-state index in [9.17, 15) is 4.79 Å². The van der Waals surface area contributed by atoms with Gasteiger partial charge < -0.3 is 15.0 Å². The Hall–Kier alpha value is -2.35. The maximum absolute atomic E-state index is 11.6. The van der Waals surface area contributed by atoms with Gasteiger partial charge in [-0.25, -0.2) is 4.98 Å². The molecule has 24 heavy (non-hydrogen) atoms. The molecule has 0 bridgehead atoms. The van der Waals surface area contributed by atoms with E-state index < -0.39 is 0 Å². The number of amides is 1. The van der Waals surface area contributed by atoms with Crippen LogP contribution in [-0.2, 0) is 4.79 Å². The lowest BCUT2D eigenvalue weighted by Gasteiger charge is -2.02. The van der Waals surface area contributed by atoms with Crippen LogP contribution in [0.15, 0.2) is 23.4 Å². The Kier molecular flexibility index (Phi) is 5.14. The topological polar surface area (TPSA) is 92.8 Å². The Morgan fingerprint density at radius 1 is 1.33 bits per heavy atom. The fraction of sp³-hybridized carbons (Fsp3) is 0.375. The van der Waals surface area contributed by atoms with Gasteiger partial charge in [0.05, 0.1) is 12.4 Å². The van der Waals surface area contributed by atoms with E-state index in [1.54, 1.807) is 0 Å². The molecule has 1 aromatic carbocycles. The largest absolute Gasteiger partial charge is 0.494 e. The highest BCUT2D eigenvalue weighted by Gasteiger charge is 2.11. The summed E-state index contributed by atoms with van der Waals surface area (Å²) in [4.78, 5) is 19.3. The predicted octanol–water partition coefficient (Wildman–Crippen LogP) is 2.52. The van der Waals surface area contributed by atoms with Crippen LogP contribution in [0.5, 0.6) is 5.75 Å². The van der Waals surface area contributed by atoms with E-state index >= 15 is 0 Å². The third-order valence-corrected chi connectivity index (χ3v) is 4.22. The van der Waals surface area contributed by atoms with Gasteiger partial charge >= 0.3 is 0 Å². The molecule has 0 aliphatic rings. The molecule has 2 N–H and O–H groups in total. The van der Waals surface area contributed by atoms with Gasteiger partial charge in [-0.05, 0) is 31.5 Å². The fourth-order valence-corrected chi connectivity index (χ4v) is 2.92. The first kappa shape index (κ1) is 16.5. The summed E-state index contributed by atoms with van der Waals surface area (Å²) in [5, 5.41) is 12.6. The van der Waals surface area contributed by atoms with Gasteiger partial charge in [-0.1, -0.05) is 18.7 Å². The summed E-state index contributed by atoms with van der Waals surface area (Å²) in [7, 11) is 0. The second kappa shape index (κ2) is 7.48. The van der Waals surface area contributed by atoms with Gasteiger partial charge in [-0.3, -0.25) is 4.79 Å². The maximum Gasteiger partial charge on any atom is 0.230 e. The Balaban J connectivity index is 1.81. The number of ether oxygens (including phenoxy) is 1. The molecule has 2 heterocycles. The summed E-state index contributed by atoms with van der Waals surface area (Å²) >= 11 is 1.27. The SMILES string of the molecule is CCCNC(=O)CSc1nnc2c(n1)[nH]c1ccc(OCC)cc12. The third-order valence-electron chi connectivity index (χ3n) is 3.38. The summed E-state index contributed by atoms with van der Waals surface area (Å²) in [6, 6.07) is 5.77. The highest BCUT2D eigenvalue weighted by molar-refractivity contribution is 7.99. The molecule has 0 fully saturated rings. The lowest BCUT2D eigenvalue weighted by atomic mass is 10.2. The Labute approximate surface area is 143 Å². The number of benzene rings is 1. The molecular formula is C16H19N5O2S. The quantitative estimate of drug-likeness (QED) is 0.639. The van der Waals surface area contributed by atoms with Gasteiger partial charge in [0.25, 0.3) is 0 Å². The van der Waals surface area contributed by atoms with Crippen molar-refractivity contribution >= 4 is 39.7 Å². The van der Waals surface area contributed by atoms with Crippen LogP contribution in [0.1, 0.15) is 20.3 Å². The number of aromatic amines is 1. The standard InChI is InChI=1S/C16H19N5O2S/c1-3-7-17-13(22)9-24-16-19-15-14(20-21-16)11-8-10(23-4-2)5-6-12(11)18-15/h5-6,8H,3-4,7,9H2,1-2H3,(H,17,22)(H,18,19,21). The van der Waals surface area contributed by atoms with Crippen molar-refractivity contribution in [1.29, 1.82) is 0 Å². The maximum atomic E-state index is 11.6. The van der Waals surface area contributed by atoms with Gasteiger partial charge in [0.15, 0.2) is 5.65 Å². The van der Waals surface area contributed by atoms with Gasteiger partial charge in [-0.2, -0.15) is 0 Å². The number of hydrogen-bond acceptors (Lipinski definition) is 6. The predicted molar refractivity (Wildman–Crippen MR) is 94.4 cm³/mol. The van der Waals surface area contributed by atoms with Crippen molar-refractivity contribution in [2.45, 2.75) is 25.4 Å². The molecule has 0 saturated carbocycles. The summed E-state index contributed by atoms with van der Waals surface area (Å²) in [5.41, 5.74) is 2.29. The number of nitrogens with zero attached hydrogens (tertiary/aromatic N) is 3. The first-order valence-corrected chi connectivity index (χ1v) is 8.88. The molecule has 7 nitrogen and oxygen atoms in total. The minimum absolute atomic E-state index is 0.0245. The van der Waals surface area contributed by atoms with Crippen molar-refractivity contribution in [3.63, 3.8) is 0 Å². The Morgan fingerprint density at radius 2 is 2.21 bits per heavy atom. The van der Waals surface area contributed by atoms with Gasteiger partial charge in [0, 0.05) is 17.4 Å². The molecule has 0 saturated heterocycles. The molecule has 3 rings (SSSR count). The van der Waals surface area contributed by atoms with Crippen LogP contribution in [0.3, 0.4) is 0 Å². The normalized spacial score (nSPS) is 11.1. The van der Waals surface area contributed by atoms with E-state index in [0.717, 1.165) is 23.1 Å². The zero-order valence-corrected chi connectivity index (χ0v) is 14.4. The number of thioether (sulfide) groups is 1. The van der Waals surface area contributed by atoms with Crippen LogP contribution < -0.4 is 10.1 Å². The van der Waals surface area contributed by atoms with E-state index in [1.165, 1.54) is 11.8 Å². The van der Waals surface area contributed by atoms with Crippen LogP contribution in [0.25, 0.3) is 22.1 Å². The van der Waals surface area contributed by atoms with Crippen molar-refractivity contribution in [2.24, 2.45) is 0 Å². The van der Waals surface area contributed by atoms with Crippen molar-refractivity contribution < 1.29 is 9.53 Å². The van der Waals surface area contributed by atoms with Crippen molar-refractivity contribution in [1.82, 2.24) is 25.5 Å². The number of nitrogens with one attached hydrogen (secondary N) is 2. The van der Waals surface area contributed by atoms with E-state index in [0.29, 0.717) is 29.5 Å². The van der Waals surface area contributed by atoms with E-state index in [2.05, 4.69) is 25.5 Å². The fourth-order valence-electron chi connectivity index (χ4n) is 2.30. The highest BCUT2D eigenvalue weighted by atomic mass is 32.2. The average molecular weight is 345 g/mol. The summed E-state index contributed by atoms with van der Waals surface area (Å²) in [6.45, 7) is 5.25. The molecule has 0 unspecified atom stereocenters. The monoisotopic (exact) mass is 345 g/mol. The molecule has 0 aliphatic heterocycles. The van der Waals surface area contributed by atoms with Crippen molar-refractivity contribution in [3.05, 3.63) is 18.2 Å². The zero-order chi connectivity index (χ0) is 16.9. The van der Waals surface area contributed by atoms with Gasteiger partial charge in [-0.15, -0.1) is 10.2 Å². The van der Waals surface area contributed by atoms with Gasteiger partial charge in [0.2, 0.25) is 11.1 Å².